The highest BCUT2D eigenvalue weighted by atomic mass is 16.5. The van der Waals surface area contributed by atoms with E-state index in [-0.39, 0.29) is 10.9 Å². The number of benzene rings is 2. The van der Waals surface area contributed by atoms with E-state index in [1.54, 1.807) is 42.5 Å². The fraction of sp³-hybridized carbons (Fsp3) is 0. The van der Waals surface area contributed by atoms with Crippen LogP contribution in [0.1, 0.15) is 0 Å². The molecular weight excluding hydrogens is 262 g/mol. The minimum atomic E-state index is -3.30. The fourth-order valence-corrected chi connectivity index (χ4v) is 1.34. The van der Waals surface area contributed by atoms with Crippen molar-refractivity contribution in [2.45, 2.75) is 0 Å². The third-order valence-electron chi connectivity index (χ3n) is 2.34. The summed E-state index contributed by atoms with van der Waals surface area (Å²) in [5.41, 5.74) is 0.653. The summed E-state index contributed by atoms with van der Waals surface area (Å²) in [4.78, 5) is 0. The molecule has 20 heavy (non-hydrogen) atoms. The molecule has 0 aliphatic heterocycles. The summed E-state index contributed by atoms with van der Waals surface area (Å²) in [5.74, 6) is 0. The minimum Gasteiger partial charge on any atom is -0.870 e. The van der Waals surface area contributed by atoms with Gasteiger partial charge in [-0.1, -0.05) is 60.7 Å². The molecule has 0 bridgehead atoms. The van der Waals surface area contributed by atoms with Crippen LogP contribution in [0.15, 0.2) is 60.7 Å². The lowest BCUT2D eigenvalue weighted by Gasteiger charge is -2.20. The number of rotatable bonds is 2. The van der Waals surface area contributed by atoms with Crippen LogP contribution in [-0.2, 0) is 0 Å². The molecule has 0 saturated heterocycles. The zero-order chi connectivity index (χ0) is 14.3. The Morgan fingerprint density at radius 3 is 1.35 bits per heavy atom. The van der Waals surface area contributed by atoms with Crippen molar-refractivity contribution in [1.29, 1.82) is 0 Å². The molecule has 0 aliphatic rings. The van der Waals surface area contributed by atoms with Crippen LogP contribution in [0.5, 0.6) is 0 Å². The summed E-state index contributed by atoms with van der Waals surface area (Å²) in [7, 11) is -1.34. The second kappa shape index (κ2) is 8.49. The molecule has 8 heteroatoms. The average molecular weight is 278 g/mol. The minimum absolute atomic E-state index is 0. The van der Waals surface area contributed by atoms with Gasteiger partial charge < -0.3 is 30.6 Å². The van der Waals surface area contributed by atoms with Crippen LogP contribution < -0.4 is 10.9 Å². The normalized spacial score (nSPS) is 9.85. The summed E-state index contributed by atoms with van der Waals surface area (Å²) < 4.78 is 0. The van der Waals surface area contributed by atoms with Crippen LogP contribution in [0.2, 0.25) is 0 Å². The van der Waals surface area contributed by atoms with E-state index in [2.05, 4.69) is 0 Å². The molecule has 0 aromatic heterocycles. The maximum Gasteiger partial charge on any atom is 0.488 e. The summed E-state index contributed by atoms with van der Waals surface area (Å²) in [6, 6.07) is 16.5. The van der Waals surface area contributed by atoms with Crippen LogP contribution in [0.25, 0.3) is 0 Å². The molecule has 0 amide bonds. The Balaban J connectivity index is 0.000000345. The second-order valence-corrected chi connectivity index (χ2v) is 3.93. The van der Waals surface area contributed by atoms with E-state index in [1.807, 2.05) is 6.07 Å². The predicted octanol–water partition coefficient (Wildman–Crippen LogP) is -2.00. The van der Waals surface area contributed by atoms with Gasteiger partial charge in [0.15, 0.2) is 0 Å². The van der Waals surface area contributed by atoms with E-state index in [9.17, 15) is 0 Å². The molecule has 0 aliphatic carbocycles. The highest BCUT2D eigenvalue weighted by molar-refractivity contribution is 6.71. The van der Waals surface area contributed by atoms with E-state index in [1.165, 1.54) is 12.1 Å². The molecule has 2 rings (SSSR count). The zero-order valence-electron chi connectivity index (χ0n) is 10.6. The number of hydrogen-bond acceptors (Lipinski definition) is 6. The van der Waals surface area contributed by atoms with Gasteiger partial charge in [0, 0.05) is 0 Å². The first kappa shape index (κ1) is 18.3. The first-order chi connectivity index (χ1) is 8.91. The molecule has 108 valence electrons. The Kier molecular flexibility index (Phi) is 7.78. The largest absolute Gasteiger partial charge is 0.870 e. The first-order valence-electron chi connectivity index (χ1n) is 5.69. The van der Waals surface area contributed by atoms with Gasteiger partial charge in [0.25, 0.3) is 0 Å². The quantitative estimate of drug-likeness (QED) is 0.404. The first-order valence-corrected chi connectivity index (χ1v) is 5.69. The molecular formula is C12H16B2O6-2. The lowest BCUT2D eigenvalue weighted by molar-refractivity contribution is 0.249. The van der Waals surface area contributed by atoms with Crippen molar-refractivity contribution >= 4 is 24.8 Å². The Morgan fingerprint density at radius 2 is 1.10 bits per heavy atom. The van der Waals surface area contributed by atoms with E-state index in [4.69, 9.17) is 25.1 Å². The van der Waals surface area contributed by atoms with Crippen molar-refractivity contribution in [1.82, 2.24) is 0 Å². The zero-order valence-corrected chi connectivity index (χ0v) is 10.6. The molecule has 6 nitrogen and oxygen atoms in total. The molecule has 2 aromatic carbocycles. The SMILES string of the molecule is OB(O)c1ccccc1.O[B-](O)(O)c1ccccc1.[OH-]. The van der Waals surface area contributed by atoms with Crippen molar-refractivity contribution in [3.63, 3.8) is 0 Å². The average Bonchev–Trinajstić information content (AvgIpc) is 2.40. The number of hydrogen-bond donors (Lipinski definition) is 5. The summed E-state index contributed by atoms with van der Waals surface area (Å²) in [6.07, 6.45) is 0. The van der Waals surface area contributed by atoms with E-state index in [0.717, 1.165) is 0 Å². The van der Waals surface area contributed by atoms with Gasteiger partial charge in [0.2, 0.25) is 0 Å². The second-order valence-electron chi connectivity index (χ2n) is 3.93. The van der Waals surface area contributed by atoms with Crippen molar-refractivity contribution in [2.75, 3.05) is 0 Å². The standard InChI is InChI=1S/C6H8BO3.C6H7BO2.H2O/c8-7(9,10)6-4-2-1-3-5-6;8-7(9)6-4-2-1-3-5-6;/h1-5,8-10H;1-5,8-9H;1H2/q-1;;/p-1. The highest BCUT2D eigenvalue weighted by Gasteiger charge is 2.16. The van der Waals surface area contributed by atoms with Gasteiger partial charge in [0.05, 0.1) is 0 Å². The topological polar surface area (TPSA) is 131 Å². The molecule has 0 heterocycles. The maximum absolute atomic E-state index is 8.66. The molecule has 6 N–H and O–H groups in total. The molecule has 0 radical (unpaired) electrons. The lowest BCUT2D eigenvalue weighted by Crippen LogP contribution is -2.48. The van der Waals surface area contributed by atoms with Gasteiger partial charge >= 0.3 is 13.9 Å². The van der Waals surface area contributed by atoms with E-state index < -0.39 is 13.9 Å². The van der Waals surface area contributed by atoms with Crippen LogP contribution in [0.4, 0.5) is 0 Å². The van der Waals surface area contributed by atoms with Crippen molar-refractivity contribution in [2.24, 2.45) is 0 Å². The van der Waals surface area contributed by atoms with Gasteiger partial charge in [-0.15, -0.1) is 5.46 Å². The summed E-state index contributed by atoms with van der Waals surface area (Å²) in [6.45, 7) is -3.30. The molecule has 0 unspecified atom stereocenters. The Bertz CT molecular complexity index is 472. The molecule has 0 spiro atoms. The lowest BCUT2D eigenvalue weighted by atomic mass is 9.71. The van der Waals surface area contributed by atoms with Gasteiger partial charge in [-0.05, 0) is 5.46 Å². The van der Waals surface area contributed by atoms with Crippen molar-refractivity contribution in [3.8, 4) is 0 Å². The third kappa shape index (κ3) is 6.48. The monoisotopic (exact) mass is 278 g/mol. The van der Waals surface area contributed by atoms with E-state index >= 15 is 0 Å². The van der Waals surface area contributed by atoms with Crippen molar-refractivity contribution in [3.05, 3.63) is 60.7 Å². The Morgan fingerprint density at radius 1 is 0.700 bits per heavy atom. The van der Waals surface area contributed by atoms with Gasteiger partial charge in [0.1, 0.15) is 0 Å². The molecule has 0 saturated carbocycles. The third-order valence-corrected chi connectivity index (χ3v) is 2.34. The molecule has 2 aromatic rings. The predicted molar refractivity (Wildman–Crippen MR) is 76.7 cm³/mol. The summed E-state index contributed by atoms with van der Waals surface area (Å²) >= 11 is 0. The Hall–Kier alpha value is -1.67. The van der Waals surface area contributed by atoms with Crippen LogP contribution in [0, 0.1) is 0 Å². The van der Waals surface area contributed by atoms with Gasteiger partial charge in [-0.2, -0.15) is 0 Å². The van der Waals surface area contributed by atoms with Crippen LogP contribution >= 0.6 is 0 Å². The smallest absolute Gasteiger partial charge is 0.488 e. The van der Waals surface area contributed by atoms with E-state index in [0.29, 0.717) is 5.46 Å². The fourth-order valence-electron chi connectivity index (χ4n) is 1.34. The van der Waals surface area contributed by atoms with Crippen LogP contribution in [-0.4, -0.2) is 44.5 Å². The van der Waals surface area contributed by atoms with Crippen molar-refractivity contribution < 1.29 is 30.6 Å². The molecule has 0 fully saturated rings. The van der Waals surface area contributed by atoms with Crippen LogP contribution in [0.3, 0.4) is 0 Å². The Labute approximate surface area is 117 Å². The van der Waals surface area contributed by atoms with Gasteiger partial charge in [-0.3, -0.25) is 0 Å². The summed E-state index contributed by atoms with van der Waals surface area (Å²) in [5, 5.41) is 43.1. The van der Waals surface area contributed by atoms with Gasteiger partial charge in [-0.25, -0.2) is 0 Å². The molecule has 0 atom stereocenters. The maximum atomic E-state index is 8.66. The highest BCUT2D eigenvalue weighted by Crippen LogP contribution is 1.89.